The van der Waals surface area contributed by atoms with Gasteiger partial charge < -0.3 is 16.0 Å². The topological polar surface area (TPSA) is 117 Å². The number of nitrogen functional groups attached to an aromatic ring is 1. The van der Waals surface area contributed by atoms with Crippen molar-refractivity contribution in [2.45, 2.75) is 13.3 Å². The third-order valence-corrected chi connectivity index (χ3v) is 2.10. The Hall–Kier alpha value is -2.12. The molecule has 0 aromatic carbocycles. The Morgan fingerprint density at radius 1 is 1.53 bits per heavy atom. The monoisotopic (exact) mass is 240 g/mol. The first-order valence-corrected chi connectivity index (χ1v) is 5.26. The average molecular weight is 240 g/mol. The van der Waals surface area contributed by atoms with Gasteiger partial charge in [-0.2, -0.15) is 4.98 Å². The molecule has 2 amide bonds. The van der Waals surface area contributed by atoms with E-state index in [-0.39, 0.29) is 30.1 Å². The molecule has 0 atom stereocenters. The van der Waals surface area contributed by atoms with Crippen molar-refractivity contribution in [3.05, 3.63) is 5.82 Å². The number of amides is 2. The highest BCUT2D eigenvalue weighted by molar-refractivity contribution is 5.93. The van der Waals surface area contributed by atoms with Crippen LogP contribution in [0.1, 0.15) is 24.0 Å². The number of hydrogen-bond acceptors (Lipinski definition) is 5. The molecule has 0 bridgehead atoms. The number of anilines is 1. The van der Waals surface area contributed by atoms with Gasteiger partial charge in [0, 0.05) is 13.6 Å². The Morgan fingerprint density at radius 2 is 2.24 bits per heavy atom. The summed E-state index contributed by atoms with van der Waals surface area (Å²) in [7, 11) is 1.52. The number of rotatable bonds is 5. The summed E-state index contributed by atoms with van der Waals surface area (Å²) in [6, 6.07) is 0. The fourth-order valence-corrected chi connectivity index (χ4v) is 1.29. The Morgan fingerprint density at radius 3 is 2.71 bits per heavy atom. The van der Waals surface area contributed by atoms with Crippen LogP contribution < -0.4 is 11.1 Å². The average Bonchev–Trinajstić information content (AvgIpc) is 2.74. The first-order chi connectivity index (χ1) is 8.08. The molecule has 8 nitrogen and oxygen atoms in total. The number of carbonyl (C=O) groups is 2. The van der Waals surface area contributed by atoms with Gasteiger partial charge in [0.1, 0.15) is 0 Å². The number of aromatic nitrogens is 3. The number of nitrogens with one attached hydrogen (secondary N) is 2. The molecule has 1 heterocycles. The van der Waals surface area contributed by atoms with Gasteiger partial charge in [0.15, 0.2) is 0 Å². The molecule has 0 saturated heterocycles. The predicted molar refractivity (Wildman–Crippen MR) is 61.1 cm³/mol. The van der Waals surface area contributed by atoms with Crippen LogP contribution in [0.2, 0.25) is 0 Å². The minimum Gasteiger partial charge on any atom is -0.366 e. The van der Waals surface area contributed by atoms with Crippen molar-refractivity contribution in [2.24, 2.45) is 0 Å². The van der Waals surface area contributed by atoms with Gasteiger partial charge in [0.2, 0.25) is 17.7 Å². The summed E-state index contributed by atoms with van der Waals surface area (Å²) in [6.07, 6.45) is 0.742. The second-order valence-electron chi connectivity index (χ2n) is 3.44. The second kappa shape index (κ2) is 5.83. The van der Waals surface area contributed by atoms with Crippen molar-refractivity contribution < 1.29 is 9.59 Å². The van der Waals surface area contributed by atoms with Gasteiger partial charge in [-0.05, 0) is 6.42 Å². The lowest BCUT2D eigenvalue weighted by molar-refractivity contribution is -0.121. The number of hydrogen-bond donors (Lipinski definition) is 3. The van der Waals surface area contributed by atoms with E-state index in [0.29, 0.717) is 6.54 Å². The van der Waals surface area contributed by atoms with Crippen molar-refractivity contribution in [1.29, 1.82) is 0 Å². The third kappa shape index (κ3) is 3.44. The Balaban J connectivity index is 2.76. The number of nitrogens with zero attached hydrogens (tertiary/aromatic N) is 3. The van der Waals surface area contributed by atoms with Crippen LogP contribution in [0.5, 0.6) is 0 Å². The Labute approximate surface area is 98.6 Å². The highest BCUT2D eigenvalue weighted by atomic mass is 16.2. The largest absolute Gasteiger partial charge is 0.366 e. The quantitative estimate of drug-likeness (QED) is 0.609. The van der Waals surface area contributed by atoms with E-state index in [2.05, 4.69) is 20.5 Å². The minimum absolute atomic E-state index is 0.00439. The maximum absolute atomic E-state index is 12.0. The molecule has 0 aliphatic carbocycles. The first-order valence-electron chi connectivity index (χ1n) is 5.26. The molecule has 1 aromatic heterocycles. The highest BCUT2D eigenvalue weighted by Crippen LogP contribution is 2.01. The molecule has 1 rings (SSSR count). The molecule has 0 fully saturated rings. The van der Waals surface area contributed by atoms with Crippen molar-refractivity contribution >= 4 is 17.8 Å². The first kappa shape index (κ1) is 12.9. The van der Waals surface area contributed by atoms with Gasteiger partial charge in [-0.25, -0.2) is 0 Å². The molecule has 0 spiro atoms. The van der Waals surface area contributed by atoms with Crippen LogP contribution in [0, 0.1) is 0 Å². The zero-order valence-electron chi connectivity index (χ0n) is 9.86. The van der Waals surface area contributed by atoms with E-state index in [0.717, 1.165) is 6.42 Å². The lowest BCUT2D eigenvalue weighted by Crippen LogP contribution is -2.40. The van der Waals surface area contributed by atoms with Gasteiger partial charge in [-0.3, -0.25) is 14.7 Å². The fraction of sp³-hybridized carbons (Fsp3) is 0.556. The van der Waals surface area contributed by atoms with Crippen molar-refractivity contribution in [3.8, 4) is 0 Å². The summed E-state index contributed by atoms with van der Waals surface area (Å²) in [5, 5.41) is 8.46. The second-order valence-corrected chi connectivity index (χ2v) is 3.44. The number of likely N-dealkylation sites (N-methyl/N-ethyl adjacent to an activating group) is 1. The Kier molecular flexibility index (Phi) is 4.44. The molecule has 0 unspecified atom stereocenters. The summed E-state index contributed by atoms with van der Waals surface area (Å²) in [4.78, 5) is 28.3. The zero-order valence-corrected chi connectivity index (χ0v) is 9.86. The van der Waals surface area contributed by atoms with E-state index in [4.69, 9.17) is 5.73 Å². The minimum atomic E-state index is -0.389. The normalized spacial score (nSPS) is 10.0. The summed E-state index contributed by atoms with van der Waals surface area (Å²) in [6.45, 7) is 2.37. The number of aromatic amines is 1. The van der Waals surface area contributed by atoms with Crippen LogP contribution in [0.15, 0.2) is 0 Å². The molecule has 4 N–H and O–H groups in total. The third-order valence-electron chi connectivity index (χ3n) is 2.10. The molecule has 0 aliphatic heterocycles. The van der Waals surface area contributed by atoms with Crippen LogP contribution in [0.3, 0.4) is 0 Å². The van der Waals surface area contributed by atoms with Gasteiger partial charge >= 0.3 is 0 Å². The SMILES string of the molecule is CCCN(CC(=O)NC)C(=O)c1nc(N)n[nH]1. The van der Waals surface area contributed by atoms with Crippen molar-refractivity contribution in [1.82, 2.24) is 25.4 Å². The smallest absolute Gasteiger partial charge is 0.291 e. The maximum Gasteiger partial charge on any atom is 0.291 e. The Bertz CT molecular complexity index is 402. The summed E-state index contributed by atoms with van der Waals surface area (Å²) >= 11 is 0. The molecule has 17 heavy (non-hydrogen) atoms. The molecule has 94 valence electrons. The van der Waals surface area contributed by atoms with Crippen LogP contribution in [0.4, 0.5) is 5.95 Å². The van der Waals surface area contributed by atoms with E-state index in [1.807, 2.05) is 6.92 Å². The number of H-pyrrole nitrogens is 1. The van der Waals surface area contributed by atoms with Crippen LogP contribution in [-0.4, -0.2) is 52.0 Å². The van der Waals surface area contributed by atoms with Gasteiger partial charge in [-0.15, -0.1) is 5.10 Å². The van der Waals surface area contributed by atoms with Gasteiger partial charge in [0.05, 0.1) is 6.54 Å². The lowest BCUT2D eigenvalue weighted by atomic mass is 10.3. The molecule has 0 saturated carbocycles. The summed E-state index contributed by atoms with van der Waals surface area (Å²) in [5.41, 5.74) is 5.31. The van der Waals surface area contributed by atoms with Crippen molar-refractivity contribution in [2.75, 3.05) is 25.9 Å². The van der Waals surface area contributed by atoms with Gasteiger partial charge in [-0.1, -0.05) is 6.92 Å². The summed E-state index contributed by atoms with van der Waals surface area (Å²) < 4.78 is 0. The van der Waals surface area contributed by atoms with Crippen LogP contribution >= 0.6 is 0 Å². The predicted octanol–water partition coefficient (Wildman–Crippen LogP) is -1.01. The molecule has 0 radical (unpaired) electrons. The lowest BCUT2D eigenvalue weighted by Gasteiger charge is -2.19. The highest BCUT2D eigenvalue weighted by Gasteiger charge is 2.20. The van der Waals surface area contributed by atoms with E-state index < -0.39 is 0 Å². The van der Waals surface area contributed by atoms with E-state index >= 15 is 0 Å². The van der Waals surface area contributed by atoms with Crippen molar-refractivity contribution in [3.63, 3.8) is 0 Å². The molecular weight excluding hydrogens is 224 g/mol. The van der Waals surface area contributed by atoms with E-state index in [1.165, 1.54) is 11.9 Å². The number of carbonyl (C=O) groups excluding carboxylic acids is 2. The number of nitrogens with two attached hydrogens (primary N) is 1. The van der Waals surface area contributed by atoms with E-state index in [9.17, 15) is 9.59 Å². The maximum atomic E-state index is 12.0. The molecular formula is C9H16N6O2. The van der Waals surface area contributed by atoms with E-state index in [1.54, 1.807) is 0 Å². The van der Waals surface area contributed by atoms with Crippen LogP contribution in [0.25, 0.3) is 0 Å². The zero-order chi connectivity index (χ0) is 12.8. The van der Waals surface area contributed by atoms with Crippen LogP contribution in [-0.2, 0) is 4.79 Å². The summed E-state index contributed by atoms with van der Waals surface area (Å²) in [5.74, 6) is -0.580. The molecule has 0 aliphatic rings. The standard InChI is InChI=1S/C9H16N6O2/c1-3-4-15(5-6(16)11-2)8(17)7-12-9(10)14-13-7/h3-5H2,1-2H3,(H,11,16)(H3,10,12,13,14). The van der Waals surface area contributed by atoms with Gasteiger partial charge in [0.25, 0.3) is 5.91 Å². The molecule has 8 heteroatoms. The molecule has 1 aromatic rings. The fourth-order valence-electron chi connectivity index (χ4n) is 1.29.